The Morgan fingerprint density at radius 2 is 1.89 bits per heavy atom. The molecule has 2 aliphatic carbocycles. The molecule has 1 saturated heterocycles. The lowest BCUT2D eigenvalue weighted by Gasteiger charge is -2.40. The lowest BCUT2D eigenvalue weighted by molar-refractivity contribution is 0.0441. The molecular weight excluding hydrogens is 222 g/mol. The molecule has 0 radical (unpaired) electrons. The molecule has 1 heterocycles. The van der Waals surface area contributed by atoms with E-state index in [9.17, 15) is 4.79 Å². The number of hydrogen-bond donors (Lipinski definition) is 0. The number of aryl methyl sites for hydroxylation is 1. The maximum Gasteiger partial charge on any atom is 0.254 e. The number of likely N-dealkylation sites (tertiary alicyclic amines) is 1. The second-order valence-electron chi connectivity index (χ2n) is 6.31. The van der Waals surface area contributed by atoms with Crippen LogP contribution in [-0.2, 0) is 12.8 Å². The lowest BCUT2D eigenvalue weighted by atomic mass is 9.87. The second kappa shape index (κ2) is 3.59. The third-order valence-electron chi connectivity index (χ3n) is 4.92. The molecule has 1 aliphatic heterocycles. The number of benzene rings is 1. The lowest BCUT2D eigenvalue weighted by Crippen LogP contribution is -2.51. The molecule has 18 heavy (non-hydrogen) atoms. The van der Waals surface area contributed by atoms with Crippen LogP contribution >= 0.6 is 0 Å². The van der Waals surface area contributed by atoms with Gasteiger partial charge in [0.25, 0.3) is 5.91 Å². The molecule has 1 aromatic carbocycles. The molecule has 2 nitrogen and oxygen atoms in total. The fourth-order valence-corrected chi connectivity index (χ4v) is 3.55. The minimum atomic E-state index is 0.284. The average molecular weight is 241 g/mol. The van der Waals surface area contributed by atoms with Crippen LogP contribution in [0.3, 0.4) is 0 Å². The van der Waals surface area contributed by atoms with Gasteiger partial charge in [-0.1, -0.05) is 12.1 Å². The van der Waals surface area contributed by atoms with Crippen LogP contribution in [0.4, 0.5) is 0 Å². The molecule has 4 rings (SSSR count). The summed E-state index contributed by atoms with van der Waals surface area (Å²) in [5.41, 5.74) is 4.30. The van der Waals surface area contributed by atoms with Crippen LogP contribution in [0, 0.1) is 5.41 Å². The summed E-state index contributed by atoms with van der Waals surface area (Å²) in [4.78, 5) is 14.6. The molecule has 3 aliphatic rings. The van der Waals surface area contributed by atoms with Crippen LogP contribution in [0.1, 0.15) is 47.2 Å². The van der Waals surface area contributed by atoms with E-state index in [-0.39, 0.29) is 5.91 Å². The Bertz CT molecular complexity index is 508. The van der Waals surface area contributed by atoms with Gasteiger partial charge in [-0.3, -0.25) is 4.79 Å². The molecule has 1 spiro atoms. The first-order chi connectivity index (χ1) is 8.77. The third kappa shape index (κ3) is 1.51. The summed E-state index contributed by atoms with van der Waals surface area (Å²) in [7, 11) is 0. The van der Waals surface area contributed by atoms with Crippen molar-refractivity contribution in [1.29, 1.82) is 0 Å². The Labute approximate surface area is 108 Å². The van der Waals surface area contributed by atoms with Crippen molar-refractivity contribution in [2.45, 2.75) is 38.5 Å². The molecule has 2 fully saturated rings. The summed E-state index contributed by atoms with van der Waals surface area (Å²) in [6, 6.07) is 6.29. The Morgan fingerprint density at radius 3 is 2.67 bits per heavy atom. The van der Waals surface area contributed by atoms with E-state index in [2.05, 4.69) is 17.0 Å². The summed E-state index contributed by atoms with van der Waals surface area (Å²) in [5, 5.41) is 0. The van der Waals surface area contributed by atoms with Crippen molar-refractivity contribution in [1.82, 2.24) is 4.90 Å². The zero-order valence-corrected chi connectivity index (χ0v) is 10.7. The summed E-state index contributed by atoms with van der Waals surface area (Å²) < 4.78 is 0. The van der Waals surface area contributed by atoms with E-state index >= 15 is 0 Å². The molecule has 0 N–H and O–H groups in total. The van der Waals surface area contributed by atoms with Crippen LogP contribution in [0.2, 0.25) is 0 Å². The highest BCUT2D eigenvalue weighted by atomic mass is 16.2. The van der Waals surface area contributed by atoms with Crippen molar-refractivity contribution in [2.24, 2.45) is 5.41 Å². The first-order valence-corrected chi connectivity index (χ1v) is 7.18. The maximum absolute atomic E-state index is 12.5. The third-order valence-corrected chi connectivity index (χ3v) is 4.92. The van der Waals surface area contributed by atoms with Crippen molar-refractivity contribution in [3.63, 3.8) is 0 Å². The average Bonchev–Trinajstić information content (AvgIpc) is 3.16. The normalized spacial score (nSPS) is 23.4. The van der Waals surface area contributed by atoms with Gasteiger partial charge >= 0.3 is 0 Å². The van der Waals surface area contributed by atoms with Gasteiger partial charge in [-0.2, -0.15) is 0 Å². The zero-order chi connectivity index (χ0) is 12.2. The van der Waals surface area contributed by atoms with E-state index in [1.165, 1.54) is 36.8 Å². The highest BCUT2D eigenvalue weighted by Gasteiger charge is 2.53. The van der Waals surface area contributed by atoms with Gasteiger partial charge in [-0.15, -0.1) is 0 Å². The fourth-order valence-electron chi connectivity index (χ4n) is 3.55. The van der Waals surface area contributed by atoms with E-state index in [4.69, 9.17) is 0 Å². The first-order valence-electron chi connectivity index (χ1n) is 7.18. The van der Waals surface area contributed by atoms with E-state index in [1.807, 2.05) is 6.07 Å². The molecule has 0 unspecified atom stereocenters. The number of hydrogen-bond acceptors (Lipinski definition) is 1. The molecule has 1 amide bonds. The summed E-state index contributed by atoms with van der Waals surface area (Å²) in [5.74, 6) is 0.284. The highest BCUT2D eigenvalue weighted by Crippen LogP contribution is 2.53. The second-order valence-corrected chi connectivity index (χ2v) is 6.31. The van der Waals surface area contributed by atoms with Gasteiger partial charge in [0.1, 0.15) is 0 Å². The Kier molecular flexibility index (Phi) is 2.12. The first kappa shape index (κ1) is 10.6. The molecular formula is C16H19NO. The molecule has 1 aromatic rings. The van der Waals surface area contributed by atoms with Crippen LogP contribution in [0.25, 0.3) is 0 Å². The SMILES string of the molecule is O=C(c1cccc2c1CCCC2)N1CC2(CC2)C1. The zero-order valence-electron chi connectivity index (χ0n) is 10.7. The van der Waals surface area contributed by atoms with Crippen molar-refractivity contribution in [3.05, 3.63) is 34.9 Å². The van der Waals surface area contributed by atoms with Crippen molar-refractivity contribution in [2.75, 3.05) is 13.1 Å². The predicted molar refractivity (Wildman–Crippen MR) is 70.7 cm³/mol. The van der Waals surface area contributed by atoms with Crippen LogP contribution in [0.5, 0.6) is 0 Å². The number of carbonyl (C=O) groups is 1. The quantitative estimate of drug-likeness (QED) is 0.740. The largest absolute Gasteiger partial charge is 0.337 e. The standard InChI is InChI=1S/C16H19NO/c18-15(17-10-16(11-17)8-9-16)14-7-3-5-12-4-1-2-6-13(12)14/h3,5,7H,1-2,4,6,8-11H2. The summed E-state index contributed by atoms with van der Waals surface area (Å²) in [6.45, 7) is 2.02. The van der Waals surface area contributed by atoms with Gasteiger partial charge < -0.3 is 4.90 Å². The molecule has 2 heteroatoms. The molecule has 1 saturated carbocycles. The summed E-state index contributed by atoms with van der Waals surface area (Å²) in [6.07, 6.45) is 7.43. The Hall–Kier alpha value is -1.31. The van der Waals surface area contributed by atoms with Crippen LogP contribution in [0.15, 0.2) is 18.2 Å². The smallest absolute Gasteiger partial charge is 0.254 e. The van der Waals surface area contributed by atoms with Gasteiger partial charge in [0.15, 0.2) is 0 Å². The van der Waals surface area contributed by atoms with Crippen molar-refractivity contribution in [3.8, 4) is 0 Å². The van der Waals surface area contributed by atoms with Crippen LogP contribution < -0.4 is 0 Å². The van der Waals surface area contributed by atoms with Gasteiger partial charge in [0, 0.05) is 24.1 Å². The van der Waals surface area contributed by atoms with E-state index < -0.39 is 0 Å². The monoisotopic (exact) mass is 241 g/mol. The van der Waals surface area contributed by atoms with Gasteiger partial charge in [-0.05, 0) is 55.7 Å². The number of amides is 1. The Balaban J connectivity index is 1.62. The van der Waals surface area contributed by atoms with Crippen molar-refractivity contribution >= 4 is 5.91 Å². The minimum Gasteiger partial charge on any atom is -0.337 e. The highest BCUT2D eigenvalue weighted by molar-refractivity contribution is 5.96. The van der Waals surface area contributed by atoms with E-state index in [0.29, 0.717) is 5.41 Å². The fraction of sp³-hybridized carbons (Fsp3) is 0.562. The van der Waals surface area contributed by atoms with Crippen LogP contribution in [-0.4, -0.2) is 23.9 Å². The molecule has 94 valence electrons. The predicted octanol–water partition coefficient (Wildman–Crippen LogP) is 2.80. The maximum atomic E-state index is 12.5. The topological polar surface area (TPSA) is 20.3 Å². The number of fused-ring (bicyclic) bond motifs is 1. The Morgan fingerprint density at radius 1 is 1.11 bits per heavy atom. The van der Waals surface area contributed by atoms with E-state index in [0.717, 1.165) is 31.5 Å². The molecule has 0 aromatic heterocycles. The van der Waals surface area contributed by atoms with Gasteiger partial charge in [0.2, 0.25) is 0 Å². The minimum absolute atomic E-state index is 0.284. The van der Waals surface area contributed by atoms with Gasteiger partial charge in [-0.25, -0.2) is 0 Å². The van der Waals surface area contributed by atoms with Crippen molar-refractivity contribution < 1.29 is 4.79 Å². The number of rotatable bonds is 1. The summed E-state index contributed by atoms with van der Waals surface area (Å²) >= 11 is 0. The molecule has 0 atom stereocenters. The molecule has 0 bridgehead atoms. The number of carbonyl (C=O) groups excluding carboxylic acids is 1. The van der Waals surface area contributed by atoms with Gasteiger partial charge in [0.05, 0.1) is 0 Å². The van der Waals surface area contributed by atoms with E-state index in [1.54, 1.807) is 0 Å². The number of nitrogens with zero attached hydrogens (tertiary/aromatic N) is 1.